The topological polar surface area (TPSA) is 41.1 Å². The van der Waals surface area contributed by atoms with Crippen LogP contribution in [0.3, 0.4) is 0 Å². The van der Waals surface area contributed by atoms with Crippen molar-refractivity contribution in [3.63, 3.8) is 0 Å². The highest BCUT2D eigenvalue weighted by Gasteiger charge is 2.27. The van der Waals surface area contributed by atoms with Crippen molar-refractivity contribution in [1.29, 1.82) is 0 Å². The number of benzene rings is 1. The third-order valence-corrected chi connectivity index (χ3v) is 3.99. The Hall–Kier alpha value is -1.06. The van der Waals surface area contributed by atoms with Crippen molar-refractivity contribution in [3.05, 3.63) is 35.4 Å². The second-order valence-electron chi connectivity index (χ2n) is 5.82. The molecule has 1 aliphatic rings. The summed E-state index contributed by atoms with van der Waals surface area (Å²) in [4.78, 5) is 12.1. The van der Waals surface area contributed by atoms with Gasteiger partial charge in [-0.1, -0.05) is 26.0 Å². The van der Waals surface area contributed by atoms with Crippen LogP contribution < -0.4 is 10.6 Å². The maximum absolute atomic E-state index is 12.1. The molecule has 0 aliphatic carbocycles. The van der Waals surface area contributed by atoms with Crippen molar-refractivity contribution in [2.24, 2.45) is 5.41 Å². The minimum absolute atomic E-state index is 0. The fourth-order valence-electron chi connectivity index (χ4n) is 2.56. The Morgan fingerprint density at radius 3 is 2.60 bits per heavy atom. The molecule has 1 fully saturated rings. The number of hydrogen-bond donors (Lipinski definition) is 2. The molecule has 0 bridgehead atoms. The van der Waals surface area contributed by atoms with Crippen LogP contribution in [0.5, 0.6) is 0 Å². The molecule has 0 radical (unpaired) electrons. The van der Waals surface area contributed by atoms with Gasteiger partial charge in [0.05, 0.1) is 0 Å². The Labute approximate surface area is 127 Å². The Kier molecular flexibility index (Phi) is 6.50. The molecule has 20 heavy (non-hydrogen) atoms. The molecule has 0 saturated carbocycles. The maximum atomic E-state index is 12.1. The summed E-state index contributed by atoms with van der Waals surface area (Å²) in [6.07, 6.45) is 3.37. The van der Waals surface area contributed by atoms with Gasteiger partial charge in [-0.05, 0) is 48.9 Å². The van der Waals surface area contributed by atoms with E-state index in [1.54, 1.807) is 0 Å². The lowest BCUT2D eigenvalue weighted by molar-refractivity contribution is 0.0924. The molecule has 0 aromatic heterocycles. The molecule has 3 nitrogen and oxygen atoms in total. The van der Waals surface area contributed by atoms with Crippen LogP contribution in [-0.2, 0) is 6.42 Å². The standard InChI is InChI=1S/C16H24N2O.ClH/c1-3-13-5-7-14(8-6-13)15(19)18-12-16(2)9-4-10-17-11-16;/h5-8,17H,3-4,9-12H2,1-2H3,(H,18,19);1H. The number of amides is 1. The molecule has 2 rings (SSSR count). The third-order valence-electron chi connectivity index (χ3n) is 3.99. The molecular formula is C16H25ClN2O. The molecule has 112 valence electrons. The second-order valence-corrected chi connectivity index (χ2v) is 5.82. The van der Waals surface area contributed by atoms with E-state index >= 15 is 0 Å². The molecule has 1 heterocycles. The average Bonchev–Trinajstić information content (AvgIpc) is 2.46. The molecular weight excluding hydrogens is 272 g/mol. The van der Waals surface area contributed by atoms with Crippen LogP contribution in [0.2, 0.25) is 0 Å². The number of carbonyl (C=O) groups excluding carboxylic acids is 1. The van der Waals surface area contributed by atoms with Crippen LogP contribution in [0.15, 0.2) is 24.3 Å². The molecule has 4 heteroatoms. The van der Waals surface area contributed by atoms with Crippen LogP contribution in [0.4, 0.5) is 0 Å². The highest BCUT2D eigenvalue weighted by atomic mass is 35.5. The van der Waals surface area contributed by atoms with E-state index in [2.05, 4.69) is 24.5 Å². The summed E-state index contributed by atoms with van der Waals surface area (Å²) in [7, 11) is 0. The zero-order chi connectivity index (χ0) is 13.7. The predicted octanol–water partition coefficient (Wildman–Crippen LogP) is 2.79. The molecule has 1 aliphatic heterocycles. The largest absolute Gasteiger partial charge is 0.351 e. The number of rotatable bonds is 4. The number of carbonyl (C=O) groups is 1. The lowest BCUT2D eigenvalue weighted by Gasteiger charge is -2.34. The van der Waals surface area contributed by atoms with E-state index < -0.39 is 0 Å². The molecule has 1 aromatic carbocycles. The molecule has 1 atom stereocenters. The quantitative estimate of drug-likeness (QED) is 0.897. The lowest BCUT2D eigenvalue weighted by Crippen LogP contribution is -2.45. The molecule has 1 aromatic rings. The minimum atomic E-state index is 0. The molecule has 2 N–H and O–H groups in total. The summed E-state index contributed by atoms with van der Waals surface area (Å²) in [5.74, 6) is 0.0365. The van der Waals surface area contributed by atoms with E-state index in [4.69, 9.17) is 0 Å². The van der Waals surface area contributed by atoms with E-state index in [1.165, 1.54) is 18.4 Å². The summed E-state index contributed by atoms with van der Waals surface area (Å²) in [5, 5.41) is 6.47. The van der Waals surface area contributed by atoms with E-state index in [-0.39, 0.29) is 23.7 Å². The van der Waals surface area contributed by atoms with Crippen molar-refractivity contribution in [2.75, 3.05) is 19.6 Å². The zero-order valence-electron chi connectivity index (χ0n) is 12.4. The Morgan fingerprint density at radius 1 is 1.35 bits per heavy atom. The average molecular weight is 297 g/mol. The number of nitrogens with one attached hydrogen (secondary N) is 2. The van der Waals surface area contributed by atoms with Crippen LogP contribution in [0, 0.1) is 5.41 Å². The van der Waals surface area contributed by atoms with Crippen LogP contribution in [0.25, 0.3) is 0 Å². The third kappa shape index (κ3) is 4.50. The van der Waals surface area contributed by atoms with Crippen LogP contribution >= 0.6 is 12.4 Å². The molecule has 1 unspecified atom stereocenters. The zero-order valence-corrected chi connectivity index (χ0v) is 13.2. The van der Waals surface area contributed by atoms with Crippen molar-refractivity contribution >= 4 is 18.3 Å². The van der Waals surface area contributed by atoms with Gasteiger partial charge in [-0.3, -0.25) is 4.79 Å². The number of hydrogen-bond acceptors (Lipinski definition) is 2. The SMILES string of the molecule is CCc1ccc(C(=O)NCC2(C)CCCNC2)cc1.Cl. The van der Waals surface area contributed by atoms with E-state index in [9.17, 15) is 4.79 Å². The highest BCUT2D eigenvalue weighted by Crippen LogP contribution is 2.24. The van der Waals surface area contributed by atoms with Crippen molar-refractivity contribution in [3.8, 4) is 0 Å². The first kappa shape index (κ1) is 17.0. The fraction of sp³-hybridized carbons (Fsp3) is 0.562. The first-order chi connectivity index (χ1) is 9.13. The van der Waals surface area contributed by atoms with E-state index in [0.29, 0.717) is 0 Å². The monoisotopic (exact) mass is 296 g/mol. The molecule has 1 saturated heterocycles. The van der Waals surface area contributed by atoms with Gasteiger partial charge in [-0.15, -0.1) is 12.4 Å². The van der Waals surface area contributed by atoms with Gasteiger partial charge in [0.1, 0.15) is 0 Å². The molecule has 1 amide bonds. The summed E-state index contributed by atoms with van der Waals surface area (Å²) in [6.45, 7) is 7.18. The lowest BCUT2D eigenvalue weighted by atomic mass is 9.83. The van der Waals surface area contributed by atoms with Gasteiger partial charge in [0.15, 0.2) is 0 Å². The Morgan fingerprint density at radius 2 is 2.05 bits per heavy atom. The van der Waals surface area contributed by atoms with Crippen LogP contribution in [-0.4, -0.2) is 25.5 Å². The van der Waals surface area contributed by atoms with Crippen LogP contribution in [0.1, 0.15) is 42.6 Å². The first-order valence-corrected chi connectivity index (χ1v) is 7.21. The van der Waals surface area contributed by atoms with Crippen molar-refractivity contribution < 1.29 is 4.79 Å². The summed E-state index contributed by atoms with van der Waals surface area (Å²) in [5.41, 5.74) is 2.21. The van der Waals surface area contributed by atoms with E-state index in [1.807, 2.05) is 24.3 Å². The summed E-state index contributed by atoms with van der Waals surface area (Å²) < 4.78 is 0. The van der Waals surface area contributed by atoms with Gasteiger partial charge in [0.2, 0.25) is 0 Å². The summed E-state index contributed by atoms with van der Waals surface area (Å²) >= 11 is 0. The number of piperidine rings is 1. The van der Waals surface area contributed by atoms with E-state index in [0.717, 1.165) is 31.6 Å². The van der Waals surface area contributed by atoms with Gasteiger partial charge in [0, 0.05) is 18.7 Å². The van der Waals surface area contributed by atoms with Gasteiger partial charge in [-0.2, -0.15) is 0 Å². The minimum Gasteiger partial charge on any atom is -0.351 e. The first-order valence-electron chi connectivity index (χ1n) is 7.21. The van der Waals surface area contributed by atoms with Gasteiger partial charge >= 0.3 is 0 Å². The summed E-state index contributed by atoms with van der Waals surface area (Å²) in [6, 6.07) is 7.88. The normalized spacial score (nSPS) is 21.9. The van der Waals surface area contributed by atoms with Gasteiger partial charge in [0.25, 0.3) is 5.91 Å². The smallest absolute Gasteiger partial charge is 0.251 e. The van der Waals surface area contributed by atoms with Crippen molar-refractivity contribution in [1.82, 2.24) is 10.6 Å². The fourth-order valence-corrected chi connectivity index (χ4v) is 2.56. The maximum Gasteiger partial charge on any atom is 0.251 e. The predicted molar refractivity (Wildman–Crippen MR) is 85.6 cm³/mol. The highest BCUT2D eigenvalue weighted by molar-refractivity contribution is 5.94. The Bertz CT molecular complexity index is 425. The number of halogens is 1. The van der Waals surface area contributed by atoms with Crippen molar-refractivity contribution in [2.45, 2.75) is 33.1 Å². The number of aryl methyl sites for hydroxylation is 1. The Balaban J connectivity index is 0.00000200. The van der Waals surface area contributed by atoms with Gasteiger partial charge < -0.3 is 10.6 Å². The molecule has 0 spiro atoms. The second kappa shape index (κ2) is 7.65. The van der Waals surface area contributed by atoms with Gasteiger partial charge in [-0.25, -0.2) is 0 Å².